The Morgan fingerprint density at radius 1 is 1.15 bits per heavy atom. The van der Waals surface area contributed by atoms with Crippen molar-refractivity contribution in [2.24, 2.45) is 0 Å². The summed E-state index contributed by atoms with van der Waals surface area (Å²) in [5, 5.41) is 3.19. The molecule has 2 aromatic rings. The van der Waals surface area contributed by atoms with Crippen molar-refractivity contribution in [2.75, 3.05) is 11.6 Å². The number of anilines is 1. The number of halogens is 2. The molecule has 0 aliphatic heterocycles. The number of hydrogen-bond acceptors (Lipinski definition) is 3. The Bertz CT molecular complexity index is 732. The number of nitrogens with one attached hydrogen (secondary N) is 1. The maximum absolute atomic E-state index is 13.5. The Balaban J connectivity index is 2.33. The number of benzene rings is 2. The molecule has 6 heteroatoms. The summed E-state index contributed by atoms with van der Waals surface area (Å²) in [5.41, 5.74) is 0.729. The molecule has 0 bridgehead atoms. The molecule has 1 N–H and O–H groups in total. The zero-order valence-electron chi connectivity index (χ0n) is 10.7. The van der Waals surface area contributed by atoms with E-state index in [0.717, 1.165) is 6.26 Å². The van der Waals surface area contributed by atoms with E-state index < -0.39 is 15.7 Å². The molecule has 3 nitrogen and oxygen atoms in total. The van der Waals surface area contributed by atoms with Crippen LogP contribution in [-0.2, 0) is 16.4 Å². The van der Waals surface area contributed by atoms with E-state index in [1.165, 1.54) is 12.1 Å². The highest BCUT2D eigenvalue weighted by molar-refractivity contribution is 7.90. The fourth-order valence-corrected chi connectivity index (χ4v) is 3.10. The Kier molecular flexibility index (Phi) is 4.30. The molecule has 106 valence electrons. The largest absolute Gasteiger partial charge is 0.379 e. The van der Waals surface area contributed by atoms with Crippen LogP contribution in [0.2, 0.25) is 5.02 Å². The second kappa shape index (κ2) is 5.81. The van der Waals surface area contributed by atoms with E-state index in [-0.39, 0.29) is 11.4 Å². The topological polar surface area (TPSA) is 46.2 Å². The first kappa shape index (κ1) is 14.8. The van der Waals surface area contributed by atoms with Crippen LogP contribution in [0.25, 0.3) is 0 Å². The number of hydrogen-bond donors (Lipinski definition) is 1. The van der Waals surface area contributed by atoms with Crippen molar-refractivity contribution in [3.8, 4) is 0 Å². The molecule has 2 rings (SSSR count). The highest BCUT2D eigenvalue weighted by Gasteiger charge is 2.15. The van der Waals surface area contributed by atoms with Gasteiger partial charge in [-0.25, -0.2) is 12.8 Å². The van der Waals surface area contributed by atoms with Gasteiger partial charge in [-0.2, -0.15) is 0 Å². The van der Waals surface area contributed by atoms with Crippen molar-refractivity contribution >= 4 is 27.1 Å². The van der Waals surface area contributed by atoms with E-state index in [1.807, 2.05) is 0 Å². The molecule has 0 heterocycles. The number of para-hydroxylation sites is 1. The first-order valence-corrected chi connectivity index (χ1v) is 8.12. The second-order valence-corrected chi connectivity index (χ2v) is 6.71. The molecule has 0 aliphatic rings. The molecule has 0 aliphatic carbocycles. The third kappa shape index (κ3) is 3.29. The predicted molar refractivity (Wildman–Crippen MR) is 78.3 cm³/mol. The maximum atomic E-state index is 13.5. The lowest BCUT2D eigenvalue weighted by atomic mass is 10.2. The van der Waals surface area contributed by atoms with Crippen LogP contribution in [0.5, 0.6) is 0 Å². The Labute approximate surface area is 122 Å². The van der Waals surface area contributed by atoms with Crippen molar-refractivity contribution < 1.29 is 12.8 Å². The number of rotatable bonds is 4. The second-order valence-electron chi connectivity index (χ2n) is 4.32. The fraction of sp³-hybridized carbons (Fsp3) is 0.143. The van der Waals surface area contributed by atoms with Crippen molar-refractivity contribution in [3.63, 3.8) is 0 Å². The molecule has 0 spiro atoms. The summed E-state index contributed by atoms with van der Waals surface area (Å²) in [6.45, 7) is 0.128. The van der Waals surface area contributed by atoms with Crippen LogP contribution in [0.15, 0.2) is 47.4 Å². The molecule has 0 fully saturated rings. The summed E-state index contributed by atoms with van der Waals surface area (Å²) >= 11 is 6.04. The standard InChI is InChI=1S/C14H13ClFNO2S/c1-20(18,19)14-8-4-5-11(15)10(14)9-17-13-7-3-2-6-12(13)16/h2-8,17H,9H2,1H3. The van der Waals surface area contributed by atoms with Crippen LogP contribution < -0.4 is 5.32 Å². The van der Waals surface area contributed by atoms with Gasteiger partial charge in [0, 0.05) is 23.4 Å². The summed E-state index contributed by atoms with van der Waals surface area (Å²) in [6, 6.07) is 10.8. The monoisotopic (exact) mass is 313 g/mol. The third-order valence-electron chi connectivity index (χ3n) is 2.80. The smallest absolute Gasteiger partial charge is 0.175 e. The van der Waals surface area contributed by atoms with E-state index in [2.05, 4.69) is 5.32 Å². The van der Waals surface area contributed by atoms with Crippen LogP contribution in [-0.4, -0.2) is 14.7 Å². The summed E-state index contributed by atoms with van der Waals surface area (Å²) in [5.74, 6) is -0.402. The lowest BCUT2D eigenvalue weighted by molar-refractivity contribution is 0.601. The van der Waals surface area contributed by atoms with Crippen molar-refractivity contribution in [1.29, 1.82) is 0 Å². The normalized spacial score (nSPS) is 11.3. The summed E-state index contributed by atoms with van der Waals surface area (Å²) in [7, 11) is -3.39. The summed E-state index contributed by atoms with van der Waals surface area (Å²) < 4.78 is 37.0. The van der Waals surface area contributed by atoms with Gasteiger partial charge in [0.15, 0.2) is 9.84 Å². The Hall–Kier alpha value is -1.59. The minimum Gasteiger partial charge on any atom is -0.379 e. The van der Waals surface area contributed by atoms with E-state index >= 15 is 0 Å². The molecule has 2 aromatic carbocycles. The highest BCUT2D eigenvalue weighted by atomic mass is 35.5. The van der Waals surface area contributed by atoms with E-state index in [4.69, 9.17) is 11.6 Å². The lowest BCUT2D eigenvalue weighted by Gasteiger charge is -2.12. The number of sulfone groups is 1. The first-order chi connectivity index (χ1) is 9.39. The van der Waals surface area contributed by atoms with Gasteiger partial charge < -0.3 is 5.32 Å². The molecule has 0 aromatic heterocycles. The van der Waals surface area contributed by atoms with Gasteiger partial charge in [-0.15, -0.1) is 0 Å². The summed E-state index contributed by atoms with van der Waals surface area (Å²) in [4.78, 5) is 0.147. The summed E-state index contributed by atoms with van der Waals surface area (Å²) in [6.07, 6.45) is 1.12. The molecule has 0 atom stereocenters. The molecular formula is C14H13ClFNO2S. The van der Waals surface area contributed by atoms with E-state index in [0.29, 0.717) is 16.3 Å². The van der Waals surface area contributed by atoms with Gasteiger partial charge in [-0.1, -0.05) is 29.8 Å². The molecular weight excluding hydrogens is 301 g/mol. The van der Waals surface area contributed by atoms with Gasteiger partial charge in [0.2, 0.25) is 0 Å². The van der Waals surface area contributed by atoms with E-state index in [9.17, 15) is 12.8 Å². The molecule has 0 unspecified atom stereocenters. The van der Waals surface area contributed by atoms with Gasteiger partial charge in [0.25, 0.3) is 0 Å². The van der Waals surface area contributed by atoms with Gasteiger partial charge in [0.05, 0.1) is 10.6 Å². The zero-order chi connectivity index (χ0) is 14.8. The molecule has 0 amide bonds. The molecule has 0 saturated heterocycles. The average Bonchev–Trinajstić information content (AvgIpc) is 2.37. The lowest BCUT2D eigenvalue weighted by Crippen LogP contribution is -2.08. The van der Waals surface area contributed by atoms with Crippen molar-refractivity contribution in [2.45, 2.75) is 11.4 Å². The van der Waals surface area contributed by atoms with Crippen molar-refractivity contribution in [1.82, 2.24) is 0 Å². The van der Waals surface area contributed by atoms with Gasteiger partial charge in [-0.05, 0) is 24.3 Å². The van der Waals surface area contributed by atoms with Crippen LogP contribution in [0.4, 0.5) is 10.1 Å². The first-order valence-electron chi connectivity index (χ1n) is 5.85. The van der Waals surface area contributed by atoms with Gasteiger partial charge in [-0.3, -0.25) is 0 Å². The van der Waals surface area contributed by atoms with Crippen LogP contribution in [0, 0.1) is 5.82 Å². The molecule has 0 radical (unpaired) electrons. The SMILES string of the molecule is CS(=O)(=O)c1cccc(Cl)c1CNc1ccccc1F. The highest BCUT2D eigenvalue weighted by Crippen LogP contribution is 2.25. The van der Waals surface area contributed by atoms with Crippen LogP contribution >= 0.6 is 11.6 Å². The van der Waals surface area contributed by atoms with Crippen molar-refractivity contribution in [3.05, 3.63) is 58.9 Å². The fourth-order valence-electron chi connectivity index (χ4n) is 1.85. The Morgan fingerprint density at radius 3 is 2.50 bits per heavy atom. The average molecular weight is 314 g/mol. The van der Waals surface area contributed by atoms with Gasteiger partial charge >= 0.3 is 0 Å². The Morgan fingerprint density at radius 2 is 1.85 bits per heavy atom. The van der Waals surface area contributed by atoms with Crippen LogP contribution in [0.3, 0.4) is 0 Å². The molecule has 20 heavy (non-hydrogen) atoms. The quantitative estimate of drug-likeness (QED) is 0.939. The maximum Gasteiger partial charge on any atom is 0.175 e. The predicted octanol–water partition coefficient (Wildman–Crippen LogP) is 3.49. The van der Waals surface area contributed by atoms with Gasteiger partial charge in [0.1, 0.15) is 5.82 Å². The molecule has 0 saturated carbocycles. The van der Waals surface area contributed by atoms with E-state index in [1.54, 1.807) is 30.3 Å². The van der Waals surface area contributed by atoms with Crippen LogP contribution in [0.1, 0.15) is 5.56 Å². The minimum absolute atomic E-state index is 0.128. The minimum atomic E-state index is -3.39. The third-order valence-corrected chi connectivity index (χ3v) is 4.34. The zero-order valence-corrected chi connectivity index (χ0v) is 12.3.